The lowest BCUT2D eigenvalue weighted by molar-refractivity contribution is 0.622. The Kier molecular flexibility index (Phi) is 4.01. The first-order valence-electron chi connectivity index (χ1n) is 5.88. The third kappa shape index (κ3) is 2.85. The molecular formula is C16H13ClF2. The minimum Gasteiger partial charge on any atom is -0.207 e. The van der Waals surface area contributed by atoms with Gasteiger partial charge >= 0.3 is 0 Å². The number of hydrogen-bond donors (Lipinski definition) is 0. The summed E-state index contributed by atoms with van der Waals surface area (Å²) in [6.07, 6.45) is 2.16. The summed E-state index contributed by atoms with van der Waals surface area (Å²) >= 11 is 6.68. The molecule has 0 spiro atoms. The van der Waals surface area contributed by atoms with Gasteiger partial charge in [-0.15, -0.1) is 18.2 Å². The summed E-state index contributed by atoms with van der Waals surface area (Å²) < 4.78 is 26.0. The van der Waals surface area contributed by atoms with Gasteiger partial charge in [-0.3, -0.25) is 0 Å². The molecule has 0 radical (unpaired) electrons. The average Bonchev–Trinajstić information content (AvgIpc) is 2.40. The van der Waals surface area contributed by atoms with Crippen LogP contribution in [-0.4, -0.2) is 0 Å². The number of alkyl halides is 1. The van der Waals surface area contributed by atoms with Crippen molar-refractivity contribution in [3.8, 4) is 0 Å². The summed E-state index contributed by atoms with van der Waals surface area (Å²) in [5.74, 6) is -0.638. The van der Waals surface area contributed by atoms with Gasteiger partial charge in [-0.05, 0) is 41.8 Å². The molecule has 0 aliphatic carbocycles. The lowest BCUT2D eigenvalue weighted by Crippen LogP contribution is -2.19. The molecule has 0 amide bonds. The van der Waals surface area contributed by atoms with E-state index in [2.05, 4.69) is 6.58 Å². The van der Waals surface area contributed by atoms with Gasteiger partial charge < -0.3 is 0 Å². The minimum atomic E-state index is -0.858. The Bertz CT molecular complexity index is 513. The van der Waals surface area contributed by atoms with Crippen molar-refractivity contribution in [3.05, 3.63) is 83.9 Å². The van der Waals surface area contributed by atoms with Gasteiger partial charge in [0.2, 0.25) is 0 Å². The van der Waals surface area contributed by atoms with Crippen LogP contribution in [0.25, 0.3) is 0 Å². The third-order valence-electron chi connectivity index (χ3n) is 3.03. The van der Waals surface area contributed by atoms with E-state index in [1.54, 1.807) is 30.3 Å². The zero-order valence-corrected chi connectivity index (χ0v) is 11.0. The van der Waals surface area contributed by atoms with E-state index in [4.69, 9.17) is 11.6 Å². The van der Waals surface area contributed by atoms with Crippen LogP contribution in [0.2, 0.25) is 0 Å². The van der Waals surface area contributed by atoms with E-state index in [9.17, 15) is 8.78 Å². The lowest BCUT2D eigenvalue weighted by atomic mass is 9.87. The van der Waals surface area contributed by atoms with Crippen molar-refractivity contribution in [2.24, 2.45) is 0 Å². The predicted molar refractivity (Wildman–Crippen MR) is 74.2 cm³/mol. The fourth-order valence-corrected chi connectivity index (χ4v) is 2.39. The quantitative estimate of drug-likeness (QED) is 0.544. The molecule has 0 aromatic heterocycles. The van der Waals surface area contributed by atoms with Gasteiger partial charge in [0.25, 0.3) is 0 Å². The molecule has 0 nitrogen and oxygen atoms in total. The van der Waals surface area contributed by atoms with Crippen molar-refractivity contribution >= 4 is 11.6 Å². The maximum absolute atomic E-state index is 13.0. The molecule has 0 saturated heterocycles. The summed E-state index contributed by atoms with van der Waals surface area (Å²) in [5, 5.41) is 0. The van der Waals surface area contributed by atoms with E-state index in [1.807, 2.05) is 0 Å². The fraction of sp³-hybridized carbons (Fsp3) is 0.125. The maximum atomic E-state index is 13.0. The topological polar surface area (TPSA) is 0 Å². The van der Waals surface area contributed by atoms with E-state index < -0.39 is 4.87 Å². The van der Waals surface area contributed by atoms with Crippen LogP contribution in [-0.2, 0) is 4.87 Å². The summed E-state index contributed by atoms with van der Waals surface area (Å²) in [6.45, 7) is 3.70. The monoisotopic (exact) mass is 278 g/mol. The summed E-state index contributed by atoms with van der Waals surface area (Å²) in [4.78, 5) is -0.858. The van der Waals surface area contributed by atoms with Crippen molar-refractivity contribution < 1.29 is 8.78 Å². The van der Waals surface area contributed by atoms with Crippen LogP contribution in [0.1, 0.15) is 17.5 Å². The van der Waals surface area contributed by atoms with Gasteiger partial charge in [-0.25, -0.2) is 8.78 Å². The molecule has 2 rings (SSSR count). The highest BCUT2D eigenvalue weighted by Crippen LogP contribution is 2.40. The molecule has 2 aromatic rings. The second kappa shape index (κ2) is 5.54. The zero-order valence-electron chi connectivity index (χ0n) is 10.2. The van der Waals surface area contributed by atoms with E-state index in [1.165, 1.54) is 24.3 Å². The third-order valence-corrected chi connectivity index (χ3v) is 3.62. The van der Waals surface area contributed by atoms with E-state index >= 15 is 0 Å². The molecule has 0 heterocycles. The molecule has 0 fully saturated rings. The van der Waals surface area contributed by atoms with Crippen LogP contribution in [0.15, 0.2) is 61.2 Å². The molecule has 98 valence electrons. The number of hydrogen-bond acceptors (Lipinski definition) is 0. The molecule has 0 unspecified atom stereocenters. The SMILES string of the molecule is C=CCC(Cl)(c1ccc(F)cc1)c1ccc(F)cc1. The van der Waals surface area contributed by atoms with E-state index in [0.29, 0.717) is 6.42 Å². The van der Waals surface area contributed by atoms with Gasteiger partial charge in [0, 0.05) is 0 Å². The highest BCUT2D eigenvalue weighted by atomic mass is 35.5. The Morgan fingerprint density at radius 3 is 1.58 bits per heavy atom. The van der Waals surface area contributed by atoms with E-state index in [-0.39, 0.29) is 11.6 Å². The number of rotatable bonds is 4. The largest absolute Gasteiger partial charge is 0.207 e. The van der Waals surface area contributed by atoms with Gasteiger partial charge in [-0.2, -0.15) is 0 Å². The summed E-state index contributed by atoms with van der Waals surface area (Å²) in [5.41, 5.74) is 1.50. The molecule has 0 N–H and O–H groups in total. The summed E-state index contributed by atoms with van der Waals surface area (Å²) in [7, 11) is 0. The number of allylic oxidation sites excluding steroid dienone is 1. The Morgan fingerprint density at radius 1 is 0.895 bits per heavy atom. The van der Waals surface area contributed by atoms with Crippen molar-refractivity contribution in [1.29, 1.82) is 0 Å². The Hall–Kier alpha value is -1.67. The second-order valence-corrected chi connectivity index (χ2v) is 4.95. The van der Waals surface area contributed by atoms with Crippen LogP contribution in [0.3, 0.4) is 0 Å². The first kappa shape index (κ1) is 13.8. The molecule has 0 bridgehead atoms. The Morgan fingerprint density at radius 2 is 1.26 bits per heavy atom. The second-order valence-electron chi connectivity index (χ2n) is 4.31. The van der Waals surface area contributed by atoms with Crippen molar-refractivity contribution in [1.82, 2.24) is 0 Å². The summed E-state index contributed by atoms with van der Waals surface area (Å²) in [6, 6.07) is 12.0. The first-order valence-corrected chi connectivity index (χ1v) is 6.26. The van der Waals surface area contributed by atoms with Crippen LogP contribution in [0.4, 0.5) is 8.78 Å². The van der Waals surface area contributed by atoms with Crippen LogP contribution < -0.4 is 0 Å². The highest BCUT2D eigenvalue weighted by molar-refractivity contribution is 6.26. The van der Waals surface area contributed by atoms with Crippen LogP contribution in [0, 0.1) is 11.6 Å². The molecule has 2 aromatic carbocycles. The Balaban J connectivity index is 2.50. The molecule has 0 aliphatic rings. The molecule has 0 saturated carbocycles. The minimum absolute atomic E-state index is 0.319. The fourth-order valence-electron chi connectivity index (χ4n) is 2.03. The normalized spacial score (nSPS) is 11.3. The zero-order chi connectivity index (χ0) is 13.9. The van der Waals surface area contributed by atoms with Crippen LogP contribution in [0.5, 0.6) is 0 Å². The maximum Gasteiger partial charge on any atom is 0.123 e. The van der Waals surface area contributed by atoms with E-state index in [0.717, 1.165) is 11.1 Å². The predicted octanol–water partition coefficient (Wildman–Crippen LogP) is 5.02. The van der Waals surface area contributed by atoms with Crippen molar-refractivity contribution in [3.63, 3.8) is 0 Å². The number of benzene rings is 2. The lowest BCUT2D eigenvalue weighted by Gasteiger charge is -2.27. The molecular weight excluding hydrogens is 266 g/mol. The smallest absolute Gasteiger partial charge is 0.123 e. The van der Waals surface area contributed by atoms with Gasteiger partial charge in [-0.1, -0.05) is 30.3 Å². The molecule has 3 heteroatoms. The van der Waals surface area contributed by atoms with Crippen molar-refractivity contribution in [2.45, 2.75) is 11.3 Å². The average molecular weight is 279 g/mol. The van der Waals surface area contributed by atoms with Gasteiger partial charge in [0.05, 0.1) is 4.87 Å². The standard InChI is InChI=1S/C16H13ClF2/c1-2-11-16(17,12-3-7-14(18)8-4-12)13-5-9-15(19)10-6-13/h2-10H,1,11H2. The van der Waals surface area contributed by atoms with Crippen molar-refractivity contribution in [2.75, 3.05) is 0 Å². The van der Waals surface area contributed by atoms with Crippen LogP contribution >= 0.6 is 11.6 Å². The Labute approximate surface area is 116 Å². The highest BCUT2D eigenvalue weighted by Gasteiger charge is 2.30. The molecule has 19 heavy (non-hydrogen) atoms. The molecule has 0 atom stereocenters. The number of halogens is 3. The molecule has 0 aliphatic heterocycles. The van der Waals surface area contributed by atoms with Gasteiger partial charge in [0.15, 0.2) is 0 Å². The van der Waals surface area contributed by atoms with Gasteiger partial charge in [0.1, 0.15) is 11.6 Å². The first-order chi connectivity index (χ1) is 9.06.